The maximum absolute atomic E-state index is 12.6. The Kier molecular flexibility index (Phi) is 19.9. The number of unbranched alkanes of at least 4 members (excludes halogenated alkanes) is 2. The van der Waals surface area contributed by atoms with Gasteiger partial charge in [-0.25, -0.2) is 4.98 Å². The van der Waals surface area contributed by atoms with E-state index >= 15 is 0 Å². The molecule has 2 aromatic rings. The monoisotopic (exact) mass is 684 g/mol. The molecule has 2 aliphatic rings. The maximum atomic E-state index is 12.6. The normalized spacial score (nSPS) is 21.0. The molecule has 2 amide bonds. The number of ether oxygens (including phenoxy) is 1. The number of primary amides is 1. The van der Waals surface area contributed by atoms with Crippen LogP contribution in [0.25, 0.3) is 11.0 Å². The summed E-state index contributed by atoms with van der Waals surface area (Å²) in [6, 6.07) is 4.86. The summed E-state index contributed by atoms with van der Waals surface area (Å²) in [5.41, 5.74) is 5.73. The molecule has 5 atom stereocenters. The minimum absolute atomic E-state index is 0. The van der Waals surface area contributed by atoms with Crippen molar-refractivity contribution in [2.75, 3.05) is 20.3 Å². The SMILES string of the molecule is CC(C)(C)[C@H](O)C(=O)N1CCC(CF)C1C=O.COc1ccc2nc(CCCCCC3CCCC3C)c(=O)[nH]c2c1.NC=O.[CH3-].[V]. The summed E-state index contributed by atoms with van der Waals surface area (Å²) in [6.45, 7) is 7.35. The van der Waals surface area contributed by atoms with Gasteiger partial charge >= 0.3 is 0 Å². The predicted octanol–water partition coefficient (Wildman–Crippen LogP) is 4.80. The summed E-state index contributed by atoms with van der Waals surface area (Å²) in [5, 5.41) is 9.89. The van der Waals surface area contributed by atoms with Gasteiger partial charge in [0.2, 0.25) is 6.41 Å². The Morgan fingerprint density at radius 1 is 1.20 bits per heavy atom. The molecule has 1 saturated heterocycles. The molecule has 1 radical (unpaired) electrons. The number of likely N-dealkylation sites (tertiary alicyclic amines) is 1. The van der Waals surface area contributed by atoms with Crippen molar-refractivity contribution in [3.8, 4) is 5.75 Å². The van der Waals surface area contributed by atoms with Crippen molar-refractivity contribution in [2.45, 2.75) is 97.6 Å². The van der Waals surface area contributed by atoms with Crippen LogP contribution >= 0.6 is 0 Å². The van der Waals surface area contributed by atoms with Crippen LogP contribution in [0, 0.1) is 30.6 Å². The molecule has 1 aromatic heterocycles. The molecule has 0 spiro atoms. The Hall–Kier alpha value is -2.76. The minimum Gasteiger partial charge on any atom is -0.497 e. The number of nitrogens with two attached hydrogens (primary N) is 1. The number of hydrogen-bond acceptors (Lipinski definition) is 7. The van der Waals surface area contributed by atoms with E-state index in [9.17, 15) is 23.9 Å². The van der Waals surface area contributed by atoms with Crippen LogP contribution in [-0.4, -0.2) is 71.1 Å². The summed E-state index contributed by atoms with van der Waals surface area (Å²) in [7, 11) is 1.62. The Labute approximate surface area is 285 Å². The number of alkyl halides is 1. The van der Waals surface area contributed by atoms with Gasteiger partial charge in [-0.3, -0.25) is 18.8 Å². The summed E-state index contributed by atoms with van der Waals surface area (Å²) < 4.78 is 17.8. The molecule has 4 rings (SSSR count). The van der Waals surface area contributed by atoms with E-state index in [1.165, 1.54) is 43.4 Å². The Morgan fingerprint density at radius 3 is 2.41 bits per heavy atom. The molecule has 1 saturated carbocycles. The Morgan fingerprint density at radius 2 is 1.87 bits per heavy atom. The molecule has 1 aliphatic carbocycles. The molecule has 259 valence electrons. The number of carbonyl (C=O) groups is 3. The maximum Gasteiger partial charge on any atom is 0.270 e. The van der Waals surface area contributed by atoms with Gasteiger partial charge in [0.25, 0.3) is 11.5 Å². The Balaban J connectivity index is 0.000000817. The molecule has 12 heteroatoms. The number of carbonyl (C=O) groups excluding carboxylic acids is 3. The van der Waals surface area contributed by atoms with E-state index in [0.29, 0.717) is 24.9 Å². The molecule has 4 N–H and O–H groups in total. The smallest absolute Gasteiger partial charge is 0.270 e. The van der Waals surface area contributed by atoms with Gasteiger partial charge in [-0.1, -0.05) is 66.2 Å². The number of H-pyrrole nitrogens is 1. The average Bonchev–Trinajstić information content (AvgIpc) is 3.61. The first-order valence-electron chi connectivity index (χ1n) is 15.6. The molecule has 1 aliphatic heterocycles. The molecular weight excluding hydrogens is 630 g/mol. The second-order valence-corrected chi connectivity index (χ2v) is 12.9. The molecule has 10 nitrogen and oxygen atoms in total. The van der Waals surface area contributed by atoms with E-state index in [-0.39, 0.29) is 38.0 Å². The summed E-state index contributed by atoms with van der Waals surface area (Å²) in [4.78, 5) is 52.5. The number of aromatic amines is 1. The molecular formula is C34H54FN4O6V-. The van der Waals surface area contributed by atoms with Gasteiger partial charge in [-0.05, 0) is 48.6 Å². The van der Waals surface area contributed by atoms with Gasteiger partial charge in [0.1, 0.15) is 23.8 Å². The first-order valence-corrected chi connectivity index (χ1v) is 15.6. The fraction of sp³-hybridized carbons (Fsp3) is 0.647. The molecule has 2 heterocycles. The number of methoxy groups -OCH3 is 1. The number of aliphatic hydroxyl groups excluding tert-OH is 1. The quantitative estimate of drug-likeness (QED) is 0.185. The third-order valence-electron chi connectivity index (χ3n) is 8.76. The first kappa shape index (κ1) is 43.2. The number of benzene rings is 1. The third kappa shape index (κ3) is 12.5. The average molecular weight is 685 g/mol. The number of fused-ring (bicyclic) bond motifs is 1. The summed E-state index contributed by atoms with van der Waals surface area (Å²) in [5.74, 6) is 1.66. The predicted molar refractivity (Wildman–Crippen MR) is 175 cm³/mol. The minimum atomic E-state index is -1.16. The fourth-order valence-corrected chi connectivity index (χ4v) is 5.94. The number of rotatable bonds is 10. The second-order valence-electron chi connectivity index (χ2n) is 12.9. The molecule has 46 heavy (non-hydrogen) atoms. The van der Waals surface area contributed by atoms with Crippen LogP contribution in [0.1, 0.15) is 84.8 Å². The number of aryl methyl sites for hydroxylation is 1. The van der Waals surface area contributed by atoms with E-state index in [4.69, 9.17) is 9.53 Å². The molecule has 0 bridgehead atoms. The largest absolute Gasteiger partial charge is 0.497 e. The van der Waals surface area contributed by atoms with Crippen molar-refractivity contribution < 1.29 is 47.2 Å². The number of aliphatic hydroxyl groups is 1. The van der Waals surface area contributed by atoms with Gasteiger partial charge in [-0.15, -0.1) is 0 Å². The zero-order valence-electron chi connectivity index (χ0n) is 28.3. The van der Waals surface area contributed by atoms with E-state index in [2.05, 4.69) is 22.6 Å². The number of amides is 2. The van der Waals surface area contributed by atoms with Gasteiger partial charge in [0, 0.05) is 37.1 Å². The second kappa shape index (κ2) is 21.2. The van der Waals surface area contributed by atoms with E-state index in [0.717, 1.165) is 41.5 Å². The molecule has 4 unspecified atom stereocenters. The molecule has 1 aromatic carbocycles. The van der Waals surface area contributed by atoms with Crippen LogP contribution in [-0.2, 0) is 39.4 Å². The topological polar surface area (TPSA) is 156 Å². The number of nitrogens with zero attached hydrogens (tertiary/aromatic N) is 2. The number of hydrogen-bond donors (Lipinski definition) is 3. The van der Waals surface area contributed by atoms with Crippen LogP contribution in [0.3, 0.4) is 0 Å². The van der Waals surface area contributed by atoms with E-state index in [1.807, 2.05) is 18.2 Å². The number of aromatic nitrogens is 2. The Bertz CT molecular complexity index is 1270. The van der Waals surface area contributed by atoms with Crippen LogP contribution in [0.2, 0.25) is 0 Å². The summed E-state index contributed by atoms with van der Waals surface area (Å²) in [6.07, 6.45) is 10.0. The van der Waals surface area contributed by atoms with Gasteiger partial charge in [0.05, 0.1) is 30.9 Å². The standard InChI is InChI=1S/C20H28N2O2.C12H20FNO3.CH3NO.CH3.V/c1-14-7-6-9-15(14)8-4-3-5-10-18-20(23)22-19-13-16(24-2)11-12-17(19)21-18;1-12(2,3)10(16)11(17)14-5-4-8(6-13)9(14)7-15;2-1-3;;/h11-15H,3-10H2,1-2H3,(H,22,23);7-10,16H,4-6H2,1-3H3;1H,(H2,2,3);1H3;/q;;;-1;/t;8?,9?,10-;;;/m.1.../s1. The van der Waals surface area contributed by atoms with E-state index < -0.39 is 36.1 Å². The van der Waals surface area contributed by atoms with Gasteiger partial charge in [-0.2, -0.15) is 0 Å². The van der Waals surface area contributed by atoms with Crippen molar-refractivity contribution in [3.63, 3.8) is 0 Å². The summed E-state index contributed by atoms with van der Waals surface area (Å²) >= 11 is 0. The molecule has 2 fully saturated rings. The number of aldehydes is 1. The van der Waals surface area contributed by atoms with Gasteiger partial charge in [0.15, 0.2) is 0 Å². The van der Waals surface area contributed by atoms with Crippen molar-refractivity contribution in [1.29, 1.82) is 0 Å². The van der Waals surface area contributed by atoms with Crippen molar-refractivity contribution in [2.24, 2.45) is 28.9 Å². The van der Waals surface area contributed by atoms with Crippen LogP contribution in [0.15, 0.2) is 23.0 Å². The first-order chi connectivity index (χ1) is 20.9. The van der Waals surface area contributed by atoms with Crippen molar-refractivity contribution >= 4 is 29.6 Å². The van der Waals surface area contributed by atoms with Crippen LogP contribution < -0.4 is 16.0 Å². The van der Waals surface area contributed by atoms with Gasteiger partial charge < -0.3 is 37.7 Å². The zero-order valence-corrected chi connectivity index (χ0v) is 29.7. The third-order valence-corrected chi connectivity index (χ3v) is 8.76. The van der Waals surface area contributed by atoms with Crippen molar-refractivity contribution in [1.82, 2.24) is 14.9 Å². The van der Waals surface area contributed by atoms with Crippen LogP contribution in [0.5, 0.6) is 5.75 Å². The fourth-order valence-electron chi connectivity index (χ4n) is 5.94. The number of nitrogens with one attached hydrogen (secondary N) is 1. The van der Waals surface area contributed by atoms with E-state index in [1.54, 1.807) is 27.9 Å². The van der Waals surface area contributed by atoms with Crippen molar-refractivity contribution in [3.05, 3.63) is 41.7 Å². The zero-order chi connectivity index (χ0) is 32.9. The van der Waals surface area contributed by atoms with Crippen LogP contribution in [0.4, 0.5) is 4.39 Å². The number of halogens is 1.